The lowest BCUT2D eigenvalue weighted by Gasteiger charge is -1.91. The standard InChI is InChI=1S/C6H7N5/c1-11-6-4(9-10-11)2-3-5(7)8-6/h2-3H,1H3,(H2,7,8). The van der Waals surface area contributed by atoms with Gasteiger partial charge in [-0.1, -0.05) is 5.21 Å². The molecule has 0 aliphatic heterocycles. The summed E-state index contributed by atoms with van der Waals surface area (Å²) in [5.41, 5.74) is 6.95. The Kier molecular flexibility index (Phi) is 1.06. The molecule has 0 atom stereocenters. The normalized spacial score (nSPS) is 10.6. The van der Waals surface area contributed by atoms with Crippen molar-refractivity contribution in [2.75, 3.05) is 5.73 Å². The molecule has 2 rings (SSSR count). The first-order valence-electron chi connectivity index (χ1n) is 3.19. The molecule has 0 saturated carbocycles. The van der Waals surface area contributed by atoms with E-state index < -0.39 is 0 Å². The van der Waals surface area contributed by atoms with Gasteiger partial charge in [0.05, 0.1) is 0 Å². The third kappa shape index (κ3) is 0.813. The minimum Gasteiger partial charge on any atom is -0.384 e. The van der Waals surface area contributed by atoms with Crippen molar-refractivity contribution in [3.05, 3.63) is 12.1 Å². The topological polar surface area (TPSA) is 69.6 Å². The highest BCUT2D eigenvalue weighted by molar-refractivity contribution is 5.71. The summed E-state index contributed by atoms with van der Waals surface area (Å²) in [5, 5.41) is 7.64. The average molecular weight is 149 g/mol. The van der Waals surface area contributed by atoms with Crippen molar-refractivity contribution < 1.29 is 0 Å². The predicted molar refractivity (Wildman–Crippen MR) is 40.7 cm³/mol. The molecular formula is C6H7N5. The number of pyridine rings is 1. The lowest BCUT2D eigenvalue weighted by atomic mass is 10.4. The van der Waals surface area contributed by atoms with Crippen molar-refractivity contribution in [3.8, 4) is 0 Å². The summed E-state index contributed by atoms with van der Waals surface area (Å²) in [6.45, 7) is 0. The fourth-order valence-corrected chi connectivity index (χ4v) is 0.929. The molecular weight excluding hydrogens is 142 g/mol. The van der Waals surface area contributed by atoms with E-state index in [9.17, 15) is 0 Å². The van der Waals surface area contributed by atoms with Crippen molar-refractivity contribution in [2.45, 2.75) is 0 Å². The number of fused-ring (bicyclic) bond motifs is 1. The number of nitrogens with two attached hydrogens (primary N) is 1. The highest BCUT2D eigenvalue weighted by Gasteiger charge is 2.00. The van der Waals surface area contributed by atoms with Crippen molar-refractivity contribution >= 4 is 17.0 Å². The third-order valence-electron chi connectivity index (χ3n) is 1.47. The number of rotatable bonds is 0. The Morgan fingerprint density at radius 1 is 1.45 bits per heavy atom. The summed E-state index contributed by atoms with van der Waals surface area (Å²) < 4.78 is 1.59. The van der Waals surface area contributed by atoms with E-state index in [0.717, 1.165) is 5.52 Å². The van der Waals surface area contributed by atoms with E-state index in [1.807, 2.05) is 0 Å². The van der Waals surface area contributed by atoms with Gasteiger partial charge in [-0.25, -0.2) is 9.67 Å². The van der Waals surface area contributed by atoms with Crippen LogP contribution in [0.15, 0.2) is 12.1 Å². The number of nitrogen functional groups attached to an aromatic ring is 1. The number of nitrogens with zero attached hydrogens (tertiary/aromatic N) is 4. The van der Waals surface area contributed by atoms with E-state index in [0.29, 0.717) is 11.5 Å². The van der Waals surface area contributed by atoms with Gasteiger partial charge in [0.1, 0.15) is 11.3 Å². The van der Waals surface area contributed by atoms with Crippen LogP contribution in [-0.4, -0.2) is 20.0 Å². The Hall–Kier alpha value is -1.65. The molecule has 5 heteroatoms. The van der Waals surface area contributed by atoms with Gasteiger partial charge in [0.2, 0.25) is 0 Å². The van der Waals surface area contributed by atoms with Crippen LogP contribution in [0.2, 0.25) is 0 Å². The summed E-state index contributed by atoms with van der Waals surface area (Å²) in [4.78, 5) is 4.05. The molecule has 0 saturated heterocycles. The zero-order valence-electron chi connectivity index (χ0n) is 6.02. The van der Waals surface area contributed by atoms with Gasteiger partial charge in [-0.2, -0.15) is 0 Å². The largest absolute Gasteiger partial charge is 0.384 e. The minimum atomic E-state index is 0.489. The van der Waals surface area contributed by atoms with Crippen LogP contribution < -0.4 is 5.73 Å². The molecule has 2 aromatic rings. The first kappa shape index (κ1) is 6.09. The molecule has 2 N–H and O–H groups in total. The number of aromatic nitrogens is 4. The molecule has 11 heavy (non-hydrogen) atoms. The lowest BCUT2D eigenvalue weighted by Crippen LogP contribution is -1.94. The Bertz CT molecular complexity index is 391. The van der Waals surface area contributed by atoms with Crippen LogP contribution in [0.25, 0.3) is 11.2 Å². The van der Waals surface area contributed by atoms with Gasteiger partial charge in [0, 0.05) is 7.05 Å². The quantitative estimate of drug-likeness (QED) is 0.570. The first-order chi connectivity index (χ1) is 5.27. The molecule has 0 radical (unpaired) electrons. The summed E-state index contributed by atoms with van der Waals surface area (Å²) in [5.74, 6) is 0.489. The van der Waals surface area contributed by atoms with E-state index in [-0.39, 0.29) is 0 Å². The summed E-state index contributed by atoms with van der Waals surface area (Å²) >= 11 is 0. The van der Waals surface area contributed by atoms with Crippen molar-refractivity contribution in [3.63, 3.8) is 0 Å². The molecule has 0 fully saturated rings. The van der Waals surface area contributed by atoms with Gasteiger partial charge in [-0.3, -0.25) is 0 Å². The van der Waals surface area contributed by atoms with Gasteiger partial charge >= 0.3 is 0 Å². The van der Waals surface area contributed by atoms with E-state index in [4.69, 9.17) is 5.73 Å². The smallest absolute Gasteiger partial charge is 0.180 e. The number of hydrogen-bond donors (Lipinski definition) is 1. The molecule has 56 valence electrons. The molecule has 0 aromatic carbocycles. The highest BCUT2D eigenvalue weighted by Crippen LogP contribution is 2.07. The van der Waals surface area contributed by atoms with E-state index >= 15 is 0 Å². The number of anilines is 1. The first-order valence-corrected chi connectivity index (χ1v) is 3.19. The second-order valence-corrected chi connectivity index (χ2v) is 2.29. The summed E-state index contributed by atoms with van der Waals surface area (Å²) in [6.07, 6.45) is 0. The number of aryl methyl sites for hydroxylation is 1. The molecule has 2 heterocycles. The van der Waals surface area contributed by atoms with Crippen LogP contribution in [0.4, 0.5) is 5.82 Å². The van der Waals surface area contributed by atoms with Crippen molar-refractivity contribution in [1.82, 2.24) is 20.0 Å². The maximum Gasteiger partial charge on any atom is 0.180 e. The van der Waals surface area contributed by atoms with Gasteiger partial charge in [-0.15, -0.1) is 5.10 Å². The van der Waals surface area contributed by atoms with Crippen LogP contribution in [0.1, 0.15) is 0 Å². The van der Waals surface area contributed by atoms with Crippen LogP contribution in [0.3, 0.4) is 0 Å². The predicted octanol–water partition coefficient (Wildman–Crippen LogP) is -0.0545. The fraction of sp³-hybridized carbons (Fsp3) is 0.167. The average Bonchev–Trinajstić information content (AvgIpc) is 2.33. The van der Waals surface area contributed by atoms with E-state index in [2.05, 4.69) is 15.3 Å². The maximum atomic E-state index is 5.47. The Morgan fingerprint density at radius 3 is 3.09 bits per heavy atom. The fourth-order valence-electron chi connectivity index (χ4n) is 0.929. The van der Waals surface area contributed by atoms with Gasteiger partial charge in [0.25, 0.3) is 0 Å². The monoisotopic (exact) mass is 149 g/mol. The molecule has 0 unspecified atom stereocenters. The molecule has 2 aromatic heterocycles. The van der Waals surface area contributed by atoms with Crippen molar-refractivity contribution in [1.29, 1.82) is 0 Å². The SMILES string of the molecule is Cn1nnc2ccc(N)nc21. The van der Waals surface area contributed by atoms with Crippen LogP contribution in [-0.2, 0) is 7.05 Å². The minimum absolute atomic E-state index is 0.489. The second kappa shape index (κ2) is 1.91. The molecule has 0 aliphatic rings. The Labute approximate surface area is 62.8 Å². The maximum absolute atomic E-state index is 5.47. The third-order valence-corrected chi connectivity index (χ3v) is 1.47. The zero-order chi connectivity index (χ0) is 7.84. The Morgan fingerprint density at radius 2 is 2.27 bits per heavy atom. The zero-order valence-corrected chi connectivity index (χ0v) is 6.02. The molecule has 0 amide bonds. The van der Waals surface area contributed by atoms with Gasteiger partial charge in [0.15, 0.2) is 5.65 Å². The van der Waals surface area contributed by atoms with Gasteiger partial charge < -0.3 is 5.73 Å². The summed E-state index contributed by atoms with van der Waals surface area (Å²) in [6, 6.07) is 3.50. The van der Waals surface area contributed by atoms with Crippen LogP contribution >= 0.6 is 0 Å². The lowest BCUT2D eigenvalue weighted by molar-refractivity contribution is 0.730. The van der Waals surface area contributed by atoms with E-state index in [1.165, 1.54) is 0 Å². The molecule has 5 nitrogen and oxygen atoms in total. The van der Waals surface area contributed by atoms with Crippen LogP contribution in [0, 0.1) is 0 Å². The van der Waals surface area contributed by atoms with E-state index in [1.54, 1.807) is 23.9 Å². The second-order valence-electron chi connectivity index (χ2n) is 2.29. The summed E-state index contributed by atoms with van der Waals surface area (Å²) in [7, 11) is 1.78. The number of hydrogen-bond acceptors (Lipinski definition) is 4. The molecule has 0 bridgehead atoms. The van der Waals surface area contributed by atoms with Crippen molar-refractivity contribution in [2.24, 2.45) is 7.05 Å². The molecule has 0 spiro atoms. The molecule has 0 aliphatic carbocycles. The van der Waals surface area contributed by atoms with Crippen LogP contribution in [0.5, 0.6) is 0 Å². The van der Waals surface area contributed by atoms with Gasteiger partial charge in [-0.05, 0) is 12.1 Å². The Balaban J connectivity index is 2.87. The highest BCUT2D eigenvalue weighted by atomic mass is 15.4.